The summed E-state index contributed by atoms with van der Waals surface area (Å²) in [6, 6.07) is 9.50. The molecule has 3 aromatic rings. The maximum absolute atomic E-state index is 11.7. The van der Waals surface area contributed by atoms with E-state index >= 15 is 0 Å². The third kappa shape index (κ3) is 4.20. The molecule has 9 heteroatoms. The molecule has 2 bridgehead atoms. The van der Waals surface area contributed by atoms with Crippen molar-refractivity contribution >= 4 is 34.9 Å². The Kier molecular flexibility index (Phi) is 5.95. The van der Waals surface area contributed by atoms with Gasteiger partial charge in [-0.05, 0) is 49.9 Å². The maximum Gasteiger partial charge on any atom is 0.356 e. The topological polar surface area (TPSA) is 77.7 Å². The molecule has 0 unspecified atom stereocenters. The Labute approximate surface area is 213 Å². The van der Waals surface area contributed by atoms with Crippen molar-refractivity contribution in [1.82, 2.24) is 10.1 Å². The number of rotatable bonds is 7. The van der Waals surface area contributed by atoms with Crippen molar-refractivity contribution in [2.75, 3.05) is 18.6 Å². The summed E-state index contributed by atoms with van der Waals surface area (Å²) in [6.45, 7) is 1.33. The first-order valence-corrected chi connectivity index (χ1v) is 12.6. The van der Waals surface area contributed by atoms with Crippen molar-refractivity contribution < 1.29 is 18.8 Å². The highest BCUT2D eigenvalue weighted by atomic mass is 35.5. The minimum Gasteiger partial charge on any atom is -0.464 e. The average Bonchev–Trinajstić information content (AvgIpc) is 3.32. The SMILES string of the molecule is COC(=O)c1ccc(N2C[C@@H]3C[C@H]2C[C@H]3OCc2c(-c3c(Cl)cccc3Cl)noc2C2CC2)cn1. The van der Waals surface area contributed by atoms with Crippen LogP contribution >= 0.6 is 23.2 Å². The number of carbonyl (C=O) groups is 1. The van der Waals surface area contributed by atoms with Crippen LogP contribution in [0.2, 0.25) is 10.0 Å². The Hall–Kier alpha value is -2.61. The molecule has 0 amide bonds. The minimum absolute atomic E-state index is 0.162. The molecule has 0 spiro atoms. The molecule has 3 heterocycles. The maximum atomic E-state index is 11.7. The van der Waals surface area contributed by atoms with Crippen LogP contribution in [-0.4, -0.2) is 41.9 Å². The zero-order valence-electron chi connectivity index (χ0n) is 19.2. The highest BCUT2D eigenvalue weighted by molar-refractivity contribution is 6.39. The van der Waals surface area contributed by atoms with E-state index in [1.165, 1.54) is 7.11 Å². The number of methoxy groups -OCH3 is 1. The van der Waals surface area contributed by atoms with E-state index in [1.54, 1.807) is 12.3 Å². The summed E-state index contributed by atoms with van der Waals surface area (Å²) in [5.74, 6) is 1.30. The second-order valence-electron chi connectivity index (χ2n) is 9.53. The molecule has 2 saturated carbocycles. The highest BCUT2D eigenvalue weighted by Gasteiger charge is 2.46. The van der Waals surface area contributed by atoms with Gasteiger partial charge in [0.25, 0.3) is 0 Å². The molecule has 1 aromatic carbocycles. The molecule has 1 aliphatic heterocycles. The van der Waals surface area contributed by atoms with E-state index in [0.29, 0.717) is 51.5 Å². The van der Waals surface area contributed by atoms with Crippen LogP contribution in [0.4, 0.5) is 5.69 Å². The minimum atomic E-state index is -0.426. The largest absolute Gasteiger partial charge is 0.464 e. The predicted molar refractivity (Wildman–Crippen MR) is 132 cm³/mol. The lowest BCUT2D eigenvalue weighted by Crippen LogP contribution is -2.38. The molecule has 2 aliphatic carbocycles. The summed E-state index contributed by atoms with van der Waals surface area (Å²) in [7, 11) is 1.36. The molecule has 35 heavy (non-hydrogen) atoms. The number of halogens is 2. The molecule has 3 atom stereocenters. The van der Waals surface area contributed by atoms with Crippen molar-refractivity contribution in [3.63, 3.8) is 0 Å². The fraction of sp³-hybridized carbons (Fsp3) is 0.423. The first-order valence-electron chi connectivity index (χ1n) is 11.9. The van der Waals surface area contributed by atoms with Gasteiger partial charge >= 0.3 is 5.97 Å². The molecule has 0 radical (unpaired) electrons. The Balaban J connectivity index is 1.16. The number of fused-ring (bicyclic) bond motifs is 2. The smallest absolute Gasteiger partial charge is 0.356 e. The first-order chi connectivity index (χ1) is 17.0. The third-order valence-corrected chi connectivity index (χ3v) is 7.99. The van der Waals surface area contributed by atoms with Gasteiger partial charge in [0.1, 0.15) is 17.1 Å². The fourth-order valence-electron chi connectivity index (χ4n) is 5.45. The number of nitrogens with zero attached hydrogens (tertiary/aromatic N) is 3. The van der Waals surface area contributed by atoms with Crippen molar-refractivity contribution in [1.29, 1.82) is 0 Å². The van der Waals surface area contributed by atoms with E-state index in [1.807, 2.05) is 24.3 Å². The number of esters is 1. The zero-order chi connectivity index (χ0) is 24.1. The number of aromatic nitrogens is 2. The van der Waals surface area contributed by atoms with Crippen LogP contribution in [0.1, 0.15) is 53.4 Å². The highest BCUT2D eigenvalue weighted by Crippen LogP contribution is 2.47. The van der Waals surface area contributed by atoms with Crippen LogP contribution in [0.25, 0.3) is 11.3 Å². The standard InChI is InChI=1S/C26H25Cl2N3O4/c1-33-26(32)21-8-7-16(11-29-21)31-12-15-9-17(31)10-22(15)34-13-18-24(30-35-25(18)14-5-6-14)23-19(27)3-2-4-20(23)28/h2-4,7-8,11,14-15,17,22H,5-6,9-10,12-13H2,1H3/t15-,17-,22+/m0/s1. The number of anilines is 1. The Morgan fingerprint density at radius 3 is 2.60 bits per heavy atom. The van der Waals surface area contributed by atoms with E-state index in [9.17, 15) is 4.79 Å². The lowest BCUT2D eigenvalue weighted by atomic mass is 10.0. The third-order valence-electron chi connectivity index (χ3n) is 7.36. The van der Waals surface area contributed by atoms with Gasteiger partial charge < -0.3 is 18.9 Å². The number of piperidine rings is 1. The van der Waals surface area contributed by atoms with E-state index < -0.39 is 5.97 Å². The van der Waals surface area contributed by atoms with E-state index in [-0.39, 0.29) is 6.10 Å². The zero-order valence-corrected chi connectivity index (χ0v) is 20.8. The van der Waals surface area contributed by atoms with Crippen LogP contribution < -0.4 is 4.90 Å². The van der Waals surface area contributed by atoms with Crippen LogP contribution in [0.15, 0.2) is 41.1 Å². The van der Waals surface area contributed by atoms with Crippen LogP contribution in [0, 0.1) is 5.92 Å². The summed E-state index contributed by atoms with van der Waals surface area (Å²) < 4.78 is 17.0. The number of ether oxygens (including phenoxy) is 2. The summed E-state index contributed by atoms with van der Waals surface area (Å²) in [6.07, 6.45) is 6.13. The molecule has 3 aliphatic rings. The molecule has 0 N–H and O–H groups in total. The van der Waals surface area contributed by atoms with Crippen molar-refractivity contribution in [3.05, 3.63) is 63.6 Å². The van der Waals surface area contributed by atoms with E-state index in [2.05, 4.69) is 15.0 Å². The molecule has 1 saturated heterocycles. The average molecular weight is 514 g/mol. The van der Waals surface area contributed by atoms with Gasteiger partial charge in [0, 0.05) is 35.5 Å². The van der Waals surface area contributed by atoms with Crippen molar-refractivity contribution in [3.8, 4) is 11.3 Å². The van der Waals surface area contributed by atoms with Gasteiger partial charge in [0.2, 0.25) is 0 Å². The second kappa shape index (κ2) is 9.12. The van der Waals surface area contributed by atoms with E-state index in [4.69, 9.17) is 37.2 Å². The van der Waals surface area contributed by atoms with Crippen LogP contribution in [-0.2, 0) is 16.1 Å². The predicted octanol–water partition coefficient (Wildman–Crippen LogP) is 5.89. The number of pyridine rings is 1. The van der Waals surface area contributed by atoms with Gasteiger partial charge in [-0.1, -0.05) is 34.4 Å². The fourth-order valence-corrected chi connectivity index (χ4v) is 6.02. The summed E-state index contributed by atoms with van der Waals surface area (Å²) >= 11 is 13.0. The summed E-state index contributed by atoms with van der Waals surface area (Å²) in [5.41, 5.74) is 3.69. The Bertz CT molecular complexity index is 1240. The van der Waals surface area contributed by atoms with Crippen molar-refractivity contribution in [2.45, 2.75) is 50.4 Å². The molecule has 6 rings (SSSR count). The van der Waals surface area contributed by atoms with Crippen LogP contribution in [0.5, 0.6) is 0 Å². The Morgan fingerprint density at radius 1 is 1.17 bits per heavy atom. The number of carbonyl (C=O) groups excluding carboxylic acids is 1. The monoisotopic (exact) mass is 513 g/mol. The molecular weight excluding hydrogens is 489 g/mol. The van der Waals surface area contributed by atoms with Gasteiger partial charge in [0.15, 0.2) is 0 Å². The quantitative estimate of drug-likeness (QED) is 0.364. The van der Waals surface area contributed by atoms with Gasteiger partial charge in [-0.2, -0.15) is 0 Å². The lowest BCUT2D eigenvalue weighted by molar-refractivity contribution is 0.0122. The number of hydrogen-bond donors (Lipinski definition) is 0. The summed E-state index contributed by atoms with van der Waals surface area (Å²) in [4.78, 5) is 18.3. The second-order valence-corrected chi connectivity index (χ2v) is 10.3. The normalized spacial score (nSPS) is 23.2. The molecular formula is C26H25Cl2N3O4. The van der Waals surface area contributed by atoms with Crippen molar-refractivity contribution in [2.24, 2.45) is 5.92 Å². The van der Waals surface area contributed by atoms with Gasteiger partial charge in [0.05, 0.1) is 41.8 Å². The molecule has 7 nitrogen and oxygen atoms in total. The first kappa shape index (κ1) is 22.8. The van der Waals surface area contributed by atoms with Gasteiger partial charge in [-0.3, -0.25) is 0 Å². The van der Waals surface area contributed by atoms with Gasteiger partial charge in [-0.25, -0.2) is 9.78 Å². The molecule has 182 valence electrons. The number of hydrogen-bond acceptors (Lipinski definition) is 7. The summed E-state index contributed by atoms with van der Waals surface area (Å²) in [5, 5.41) is 5.47. The number of benzene rings is 1. The van der Waals surface area contributed by atoms with Crippen LogP contribution in [0.3, 0.4) is 0 Å². The molecule has 3 fully saturated rings. The Morgan fingerprint density at radius 2 is 1.97 bits per heavy atom. The van der Waals surface area contributed by atoms with E-state index in [0.717, 1.165) is 49.2 Å². The molecule has 2 aromatic heterocycles. The van der Waals surface area contributed by atoms with Gasteiger partial charge in [-0.15, -0.1) is 0 Å². The lowest BCUT2D eigenvalue weighted by Gasteiger charge is -2.33.